The van der Waals surface area contributed by atoms with E-state index in [2.05, 4.69) is 26.6 Å². The van der Waals surface area contributed by atoms with Crippen LogP contribution in [0.3, 0.4) is 0 Å². The van der Waals surface area contributed by atoms with E-state index in [0.717, 1.165) is 24.0 Å². The highest BCUT2D eigenvalue weighted by atomic mass is 79.9. The molecule has 1 saturated heterocycles. The lowest BCUT2D eigenvalue weighted by molar-refractivity contribution is -0.122. The van der Waals surface area contributed by atoms with Gasteiger partial charge >= 0.3 is 0 Å². The van der Waals surface area contributed by atoms with E-state index >= 15 is 0 Å². The van der Waals surface area contributed by atoms with Crippen molar-refractivity contribution < 1.29 is 9.18 Å². The lowest BCUT2D eigenvalue weighted by atomic mass is 10.0. The summed E-state index contributed by atoms with van der Waals surface area (Å²) in [7, 11) is 0. The zero-order valence-electron chi connectivity index (χ0n) is 10.0. The number of halogens is 2. The molecule has 1 aliphatic rings. The highest BCUT2D eigenvalue weighted by Gasteiger charge is 2.17. The van der Waals surface area contributed by atoms with Gasteiger partial charge in [0, 0.05) is 23.0 Å². The van der Waals surface area contributed by atoms with Crippen molar-refractivity contribution in [2.24, 2.45) is 5.92 Å². The SMILES string of the molecule is O=C(CC1CCNC1)NCc1cc(Br)ccc1F. The van der Waals surface area contributed by atoms with Gasteiger partial charge in [0.2, 0.25) is 5.91 Å². The molecule has 1 aromatic carbocycles. The second-order valence-electron chi connectivity index (χ2n) is 4.58. The zero-order valence-corrected chi connectivity index (χ0v) is 11.6. The Labute approximate surface area is 114 Å². The summed E-state index contributed by atoms with van der Waals surface area (Å²) in [4.78, 5) is 11.7. The van der Waals surface area contributed by atoms with Gasteiger partial charge in [0.15, 0.2) is 0 Å². The minimum absolute atomic E-state index is 0.0110. The Morgan fingerprint density at radius 2 is 2.39 bits per heavy atom. The van der Waals surface area contributed by atoms with Crippen molar-refractivity contribution in [1.29, 1.82) is 0 Å². The molecule has 3 nitrogen and oxygen atoms in total. The first-order valence-corrected chi connectivity index (χ1v) is 6.86. The minimum atomic E-state index is -0.291. The summed E-state index contributed by atoms with van der Waals surface area (Å²) in [5.41, 5.74) is 0.502. The molecule has 0 aliphatic carbocycles. The van der Waals surface area contributed by atoms with Crippen LogP contribution in [0.2, 0.25) is 0 Å². The third-order valence-corrected chi connectivity index (χ3v) is 3.61. The van der Waals surface area contributed by atoms with Crippen molar-refractivity contribution >= 4 is 21.8 Å². The molecule has 2 N–H and O–H groups in total. The molecule has 1 amide bonds. The minimum Gasteiger partial charge on any atom is -0.352 e. The van der Waals surface area contributed by atoms with Gasteiger partial charge in [0.1, 0.15) is 5.82 Å². The van der Waals surface area contributed by atoms with E-state index < -0.39 is 0 Å². The van der Waals surface area contributed by atoms with Crippen LogP contribution in [-0.2, 0) is 11.3 Å². The molecule has 1 atom stereocenters. The summed E-state index contributed by atoms with van der Waals surface area (Å²) in [5, 5.41) is 5.99. The first-order chi connectivity index (χ1) is 8.65. The molecular weight excluding hydrogens is 299 g/mol. The Kier molecular flexibility index (Phi) is 4.72. The van der Waals surface area contributed by atoms with Crippen LogP contribution in [0.25, 0.3) is 0 Å². The maximum absolute atomic E-state index is 13.4. The fourth-order valence-corrected chi connectivity index (χ4v) is 2.50. The number of amides is 1. The normalized spacial score (nSPS) is 18.9. The molecule has 98 valence electrons. The standard InChI is InChI=1S/C13H16BrFN2O/c14-11-1-2-12(15)10(6-11)8-17-13(18)5-9-3-4-16-7-9/h1-2,6,9,16H,3-5,7-8H2,(H,17,18). The third-order valence-electron chi connectivity index (χ3n) is 3.12. The first kappa shape index (κ1) is 13.5. The number of nitrogens with one attached hydrogen (secondary N) is 2. The van der Waals surface area contributed by atoms with Crippen molar-refractivity contribution in [1.82, 2.24) is 10.6 Å². The fourth-order valence-electron chi connectivity index (χ4n) is 2.10. The smallest absolute Gasteiger partial charge is 0.220 e. The van der Waals surface area contributed by atoms with Gasteiger partial charge in [0.05, 0.1) is 0 Å². The van der Waals surface area contributed by atoms with Gasteiger partial charge in [-0.05, 0) is 43.6 Å². The fraction of sp³-hybridized carbons (Fsp3) is 0.462. The highest BCUT2D eigenvalue weighted by molar-refractivity contribution is 9.10. The van der Waals surface area contributed by atoms with Crippen molar-refractivity contribution in [3.8, 4) is 0 Å². The average molecular weight is 315 g/mol. The van der Waals surface area contributed by atoms with E-state index in [4.69, 9.17) is 0 Å². The summed E-state index contributed by atoms with van der Waals surface area (Å²) >= 11 is 3.29. The van der Waals surface area contributed by atoms with Crippen molar-refractivity contribution in [3.63, 3.8) is 0 Å². The summed E-state index contributed by atoms with van der Waals surface area (Å²) in [6.07, 6.45) is 1.56. The summed E-state index contributed by atoms with van der Waals surface area (Å²) in [6.45, 7) is 2.13. The van der Waals surface area contributed by atoms with Crippen LogP contribution in [0.4, 0.5) is 4.39 Å². The van der Waals surface area contributed by atoms with Gasteiger partial charge in [0.25, 0.3) is 0 Å². The third kappa shape index (κ3) is 3.78. The Bertz CT molecular complexity index is 433. The average Bonchev–Trinajstić information content (AvgIpc) is 2.83. The van der Waals surface area contributed by atoms with Gasteiger partial charge in [-0.2, -0.15) is 0 Å². The molecule has 0 spiro atoms. The number of carbonyl (C=O) groups is 1. The molecular formula is C13H16BrFN2O. The van der Waals surface area contributed by atoms with Crippen LogP contribution in [0.1, 0.15) is 18.4 Å². The van der Waals surface area contributed by atoms with Crippen LogP contribution < -0.4 is 10.6 Å². The van der Waals surface area contributed by atoms with Gasteiger partial charge < -0.3 is 10.6 Å². The van der Waals surface area contributed by atoms with E-state index in [1.54, 1.807) is 12.1 Å². The number of rotatable bonds is 4. The summed E-state index contributed by atoms with van der Waals surface area (Å²) in [5.74, 6) is 0.112. The van der Waals surface area contributed by atoms with Crippen molar-refractivity contribution in [2.75, 3.05) is 13.1 Å². The molecule has 1 aromatic rings. The largest absolute Gasteiger partial charge is 0.352 e. The molecule has 1 fully saturated rings. The van der Waals surface area contributed by atoms with Crippen molar-refractivity contribution in [3.05, 3.63) is 34.1 Å². The Balaban J connectivity index is 1.83. The van der Waals surface area contributed by atoms with Crippen LogP contribution in [-0.4, -0.2) is 19.0 Å². The molecule has 0 bridgehead atoms. The van der Waals surface area contributed by atoms with E-state index in [1.165, 1.54) is 6.07 Å². The van der Waals surface area contributed by atoms with Crippen LogP contribution >= 0.6 is 15.9 Å². The summed E-state index contributed by atoms with van der Waals surface area (Å²) in [6, 6.07) is 4.73. The molecule has 1 unspecified atom stereocenters. The molecule has 1 aliphatic heterocycles. The van der Waals surface area contributed by atoms with Gasteiger partial charge in [-0.25, -0.2) is 4.39 Å². The Hall–Kier alpha value is -0.940. The van der Waals surface area contributed by atoms with Gasteiger partial charge in [-0.15, -0.1) is 0 Å². The zero-order chi connectivity index (χ0) is 13.0. The predicted molar refractivity (Wildman–Crippen MR) is 71.5 cm³/mol. The van der Waals surface area contributed by atoms with E-state index in [-0.39, 0.29) is 18.3 Å². The second-order valence-corrected chi connectivity index (χ2v) is 5.49. The number of hydrogen-bond acceptors (Lipinski definition) is 2. The molecule has 1 heterocycles. The topological polar surface area (TPSA) is 41.1 Å². The monoisotopic (exact) mass is 314 g/mol. The second kappa shape index (κ2) is 6.29. The number of carbonyl (C=O) groups excluding carboxylic acids is 1. The summed E-state index contributed by atoms with van der Waals surface area (Å²) < 4.78 is 14.3. The van der Waals surface area contributed by atoms with Crippen molar-refractivity contribution in [2.45, 2.75) is 19.4 Å². The lowest BCUT2D eigenvalue weighted by Crippen LogP contribution is -2.26. The van der Waals surface area contributed by atoms with Gasteiger partial charge in [-0.3, -0.25) is 4.79 Å². The van der Waals surface area contributed by atoms with Crippen LogP contribution in [0.5, 0.6) is 0 Å². The molecule has 0 aromatic heterocycles. The van der Waals surface area contributed by atoms with E-state index in [9.17, 15) is 9.18 Å². The highest BCUT2D eigenvalue weighted by Crippen LogP contribution is 2.16. The predicted octanol–water partition coefficient (Wildman–Crippen LogP) is 2.20. The quantitative estimate of drug-likeness (QED) is 0.894. The molecule has 2 rings (SSSR count). The molecule has 0 saturated carbocycles. The van der Waals surface area contributed by atoms with Crippen LogP contribution in [0.15, 0.2) is 22.7 Å². The Morgan fingerprint density at radius 1 is 1.56 bits per heavy atom. The van der Waals surface area contributed by atoms with Gasteiger partial charge in [-0.1, -0.05) is 15.9 Å². The molecule has 0 radical (unpaired) electrons. The van der Waals surface area contributed by atoms with E-state index in [0.29, 0.717) is 17.9 Å². The van der Waals surface area contributed by atoms with Crippen LogP contribution in [0, 0.1) is 11.7 Å². The molecule has 18 heavy (non-hydrogen) atoms. The maximum atomic E-state index is 13.4. The first-order valence-electron chi connectivity index (χ1n) is 6.06. The lowest BCUT2D eigenvalue weighted by Gasteiger charge is -2.10. The number of hydrogen-bond donors (Lipinski definition) is 2. The maximum Gasteiger partial charge on any atom is 0.220 e. The molecule has 5 heteroatoms. The number of benzene rings is 1. The Morgan fingerprint density at radius 3 is 3.11 bits per heavy atom. The van der Waals surface area contributed by atoms with E-state index in [1.807, 2.05) is 0 Å².